The van der Waals surface area contributed by atoms with Crippen LogP contribution in [0.25, 0.3) is 0 Å². The van der Waals surface area contributed by atoms with Gasteiger partial charge in [0.15, 0.2) is 0 Å². The van der Waals surface area contributed by atoms with Crippen LogP contribution in [0.15, 0.2) is 0 Å². The van der Waals surface area contributed by atoms with Crippen LogP contribution in [0.4, 0.5) is 0 Å². The maximum atomic E-state index is 5.55. The number of nitrogens with one attached hydrogen (secondary N) is 1. The minimum atomic E-state index is 0.243. The summed E-state index contributed by atoms with van der Waals surface area (Å²) < 4.78 is 16.0. The smallest absolute Gasteiger partial charge is 0.0704 e. The van der Waals surface area contributed by atoms with Crippen molar-refractivity contribution in [3.8, 4) is 0 Å². The van der Waals surface area contributed by atoms with Crippen molar-refractivity contribution in [3.63, 3.8) is 0 Å². The average Bonchev–Trinajstić information content (AvgIpc) is 2.29. The fraction of sp³-hybridized carbons (Fsp3) is 1.00. The van der Waals surface area contributed by atoms with Gasteiger partial charge in [-0.2, -0.15) is 0 Å². The van der Waals surface area contributed by atoms with Gasteiger partial charge in [-0.05, 0) is 33.7 Å². The zero-order valence-corrected chi connectivity index (χ0v) is 11.0. The quantitative estimate of drug-likeness (QED) is 0.518. The average molecular weight is 233 g/mol. The summed E-state index contributed by atoms with van der Waals surface area (Å²) in [6, 6.07) is 0. The third-order valence-electron chi connectivity index (χ3n) is 2.11. The molecule has 0 saturated carbocycles. The highest BCUT2D eigenvalue weighted by atomic mass is 16.5. The summed E-state index contributed by atoms with van der Waals surface area (Å²) in [5.74, 6) is 0. The van der Waals surface area contributed by atoms with E-state index in [1.165, 1.54) is 0 Å². The van der Waals surface area contributed by atoms with Gasteiger partial charge in [0.2, 0.25) is 0 Å². The van der Waals surface area contributed by atoms with Crippen LogP contribution in [0.2, 0.25) is 0 Å². The van der Waals surface area contributed by atoms with Gasteiger partial charge >= 0.3 is 0 Å². The first-order valence-electron chi connectivity index (χ1n) is 6.29. The fourth-order valence-corrected chi connectivity index (χ4v) is 1.26. The van der Waals surface area contributed by atoms with Crippen molar-refractivity contribution in [2.45, 2.75) is 33.3 Å². The molecule has 0 heterocycles. The standard InChI is InChI=1S/C12H27NO3/c1-4-14-8-6-7-13-11-12(3)16-10-9-15-5-2/h12-13H,4-11H2,1-3H3. The molecule has 0 aromatic carbocycles. The molecular formula is C12H27NO3. The molecule has 0 bridgehead atoms. The second-order valence-electron chi connectivity index (χ2n) is 3.63. The molecule has 98 valence electrons. The van der Waals surface area contributed by atoms with Crippen molar-refractivity contribution in [1.29, 1.82) is 0 Å². The van der Waals surface area contributed by atoms with E-state index in [9.17, 15) is 0 Å². The highest BCUT2D eigenvalue weighted by Gasteiger charge is 2.00. The Labute approximate surface area is 99.6 Å². The normalized spacial score (nSPS) is 12.9. The Morgan fingerprint density at radius 3 is 2.38 bits per heavy atom. The van der Waals surface area contributed by atoms with Crippen LogP contribution < -0.4 is 5.32 Å². The lowest BCUT2D eigenvalue weighted by Gasteiger charge is -2.13. The predicted molar refractivity (Wildman–Crippen MR) is 65.9 cm³/mol. The molecule has 0 aliphatic heterocycles. The van der Waals surface area contributed by atoms with Crippen LogP contribution in [-0.4, -0.2) is 52.2 Å². The van der Waals surface area contributed by atoms with Crippen LogP contribution in [0.5, 0.6) is 0 Å². The van der Waals surface area contributed by atoms with Crippen LogP contribution in [0.3, 0.4) is 0 Å². The third-order valence-corrected chi connectivity index (χ3v) is 2.11. The number of ether oxygens (including phenoxy) is 3. The van der Waals surface area contributed by atoms with Gasteiger partial charge in [0.05, 0.1) is 19.3 Å². The van der Waals surface area contributed by atoms with E-state index in [1.807, 2.05) is 13.8 Å². The molecule has 16 heavy (non-hydrogen) atoms. The molecule has 0 spiro atoms. The minimum absolute atomic E-state index is 0.243. The topological polar surface area (TPSA) is 39.7 Å². The predicted octanol–water partition coefficient (Wildman–Crippen LogP) is 1.44. The SMILES string of the molecule is CCOCCCNCC(C)OCCOCC. The van der Waals surface area contributed by atoms with E-state index in [0.717, 1.165) is 39.3 Å². The van der Waals surface area contributed by atoms with Gasteiger partial charge in [-0.25, -0.2) is 0 Å². The van der Waals surface area contributed by atoms with E-state index in [1.54, 1.807) is 0 Å². The lowest BCUT2D eigenvalue weighted by molar-refractivity contribution is 0.0157. The second-order valence-corrected chi connectivity index (χ2v) is 3.63. The van der Waals surface area contributed by atoms with E-state index < -0.39 is 0 Å². The van der Waals surface area contributed by atoms with Gasteiger partial charge in [-0.15, -0.1) is 0 Å². The summed E-state index contributed by atoms with van der Waals surface area (Å²) in [6.45, 7) is 11.7. The molecule has 0 radical (unpaired) electrons. The molecule has 0 aliphatic rings. The Hall–Kier alpha value is -0.160. The summed E-state index contributed by atoms with van der Waals surface area (Å²) in [4.78, 5) is 0. The summed E-state index contributed by atoms with van der Waals surface area (Å²) >= 11 is 0. The zero-order chi connectivity index (χ0) is 12.1. The van der Waals surface area contributed by atoms with Crippen molar-refractivity contribution in [2.75, 3.05) is 46.1 Å². The third kappa shape index (κ3) is 11.9. The molecule has 1 atom stereocenters. The first-order valence-corrected chi connectivity index (χ1v) is 6.29. The number of rotatable bonds is 12. The van der Waals surface area contributed by atoms with Gasteiger partial charge in [0, 0.05) is 26.4 Å². The maximum Gasteiger partial charge on any atom is 0.0704 e. The number of hydrogen-bond donors (Lipinski definition) is 1. The molecule has 4 heteroatoms. The van der Waals surface area contributed by atoms with Gasteiger partial charge in [0.25, 0.3) is 0 Å². The van der Waals surface area contributed by atoms with Crippen molar-refractivity contribution >= 4 is 0 Å². The Kier molecular flexibility index (Phi) is 12.8. The first-order chi connectivity index (χ1) is 7.81. The summed E-state index contributed by atoms with van der Waals surface area (Å²) in [6.07, 6.45) is 1.30. The van der Waals surface area contributed by atoms with Crippen LogP contribution in [-0.2, 0) is 14.2 Å². The molecule has 1 N–H and O–H groups in total. The van der Waals surface area contributed by atoms with Gasteiger partial charge in [-0.3, -0.25) is 0 Å². The monoisotopic (exact) mass is 233 g/mol. The summed E-state index contributed by atoms with van der Waals surface area (Å²) in [5.41, 5.74) is 0. The van der Waals surface area contributed by atoms with Crippen molar-refractivity contribution in [2.24, 2.45) is 0 Å². The highest BCUT2D eigenvalue weighted by Crippen LogP contribution is 1.89. The summed E-state index contributed by atoms with van der Waals surface area (Å²) in [7, 11) is 0. The van der Waals surface area contributed by atoms with Crippen LogP contribution >= 0.6 is 0 Å². The van der Waals surface area contributed by atoms with E-state index in [0.29, 0.717) is 13.2 Å². The molecule has 1 unspecified atom stereocenters. The van der Waals surface area contributed by atoms with Crippen LogP contribution in [0.1, 0.15) is 27.2 Å². The molecule has 0 rings (SSSR count). The molecular weight excluding hydrogens is 206 g/mol. The van der Waals surface area contributed by atoms with Gasteiger partial charge in [-0.1, -0.05) is 0 Å². The zero-order valence-electron chi connectivity index (χ0n) is 11.0. The molecule has 0 aliphatic carbocycles. The Morgan fingerprint density at radius 1 is 1.00 bits per heavy atom. The first kappa shape index (κ1) is 15.8. The second kappa shape index (κ2) is 12.9. The lowest BCUT2D eigenvalue weighted by atomic mass is 10.3. The van der Waals surface area contributed by atoms with Crippen molar-refractivity contribution in [1.82, 2.24) is 5.32 Å². The fourth-order valence-electron chi connectivity index (χ4n) is 1.26. The van der Waals surface area contributed by atoms with E-state index in [2.05, 4.69) is 12.2 Å². The number of hydrogen-bond acceptors (Lipinski definition) is 4. The molecule has 0 fully saturated rings. The van der Waals surface area contributed by atoms with Gasteiger partial charge in [0.1, 0.15) is 0 Å². The van der Waals surface area contributed by atoms with Crippen molar-refractivity contribution < 1.29 is 14.2 Å². The molecule has 0 amide bonds. The Balaban J connectivity index is 3.08. The van der Waals surface area contributed by atoms with Gasteiger partial charge < -0.3 is 19.5 Å². The molecule has 4 nitrogen and oxygen atoms in total. The minimum Gasteiger partial charge on any atom is -0.382 e. The molecule has 0 saturated heterocycles. The highest BCUT2D eigenvalue weighted by molar-refractivity contribution is 4.55. The molecule has 0 aromatic rings. The Morgan fingerprint density at radius 2 is 1.69 bits per heavy atom. The summed E-state index contributed by atoms with van der Waals surface area (Å²) in [5, 5.41) is 3.34. The van der Waals surface area contributed by atoms with Crippen molar-refractivity contribution in [3.05, 3.63) is 0 Å². The van der Waals surface area contributed by atoms with Crippen LogP contribution in [0, 0.1) is 0 Å². The van der Waals surface area contributed by atoms with E-state index >= 15 is 0 Å². The lowest BCUT2D eigenvalue weighted by Crippen LogP contribution is -2.29. The Bertz CT molecular complexity index is 133. The van der Waals surface area contributed by atoms with E-state index in [-0.39, 0.29) is 6.10 Å². The largest absolute Gasteiger partial charge is 0.382 e. The maximum absolute atomic E-state index is 5.55. The molecule has 0 aromatic heterocycles. The van der Waals surface area contributed by atoms with E-state index in [4.69, 9.17) is 14.2 Å².